The fraction of sp³-hybridized carbons (Fsp3) is 0.276. The van der Waals surface area contributed by atoms with Crippen LogP contribution in [0.25, 0.3) is 0 Å². The first-order valence-corrected chi connectivity index (χ1v) is 12.4. The molecule has 8 nitrogen and oxygen atoms in total. The van der Waals surface area contributed by atoms with Gasteiger partial charge in [0.1, 0.15) is 5.92 Å². The quantitative estimate of drug-likeness (QED) is 0.394. The number of anilines is 2. The van der Waals surface area contributed by atoms with Crippen LogP contribution in [0.3, 0.4) is 0 Å². The van der Waals surface area contributed by atoms with Crippen molar-refractivity contribution < 1.29 is 19.1 Å². The van der Waals surface area contributed by atoms with Crippen molar-refractivity contribution in [3.05, 3.63) is 77.9 Å². The molecule has 0 radical (unpaired) electrons. The van der Waals surface area contributed by atoms with Gasteiger partial charge in [0, 0.05) is 37.5 Å². The number of hydrogen-bond acceptors (Lipinski definition) is 6. The van der Waals surface area contributed by atoms with Crippen LogP contribution < -0.4 is 25.4 Å². The van der Waals surface area contributed by atoms with Crippen LogP contribution in [0.5, 0.6) is 11.5 Å². The number of benzene rings is 3. The van der Waals surface area contributed by atoms with Crippen molar-refractivity contribution in [2.75, 3.05) is 36.5 Å². The Hall–Kier alpha value is -4.17. The minimum Gasteiger partial charge on any atom is -0.490 e. The molecule has 4 rings (SSSR count). The van der Waals surface area contributed by atoms with E-state index in [0.29, 0.717) is 54.9 Å². The van der Waals surface area contributed by atoms with Crippen molar-refractivity contribution in [3.8, 4) is 11.5 Å². The van der Waals surface area contributed by atoms with Crippen LogP contribution in [0.2, 0.25) is 0 Å². The number of carbonyl (C=O) groups excluding carboxylic acids is 2. The molecule has 37 heavy (non-hydrogen) atoms. The molecule has 0 saturated carbocycles. The van der Waals surface area contributed by atoms with Gasteiger partial charge in [-0.1, -0.05) is 30.3 Å². The van der Waals surface area contributed by atoms with E-state index in [-0.39, 0.29) is 11.8 Å². The van der Waals surface area contributed by atoms with Gasteiger partial charge in [-0.15, -0.1) is 0 Å². The summed E-state index contributed by atoms with van der Waals surface area (Å²) < 4.78 is 11.6. The highest BCUT2D eigenvalue weighted by Crippen LogP contribution is 2.43. The molecule has 1 unspecified atom stereocenters. The summed E-state index contributed by atoms with van der Waals surface area (Å²) in [7, 11) is 0. The molecule has 8 heteroatoms. The number of nitrogens with zero attached hydrogens (tertiary/aromatic N) is 2. The Morgan fingerprint density at radius 1 is 1.00 bits per heavy atom. The number of carbonyl (C=O) groups is 2. The lowest BCUT2D eigenvalue weighted by Gasteiger charge is -2.20. The molecule has 2 amide bonds. The Balaban J connectivity index is 1.79. The standard InChI is InChI=1S/C29H32N4O4/c1-4-36-25-17-23-24(18-26(25)37-5-2)32-29(35)27(23)28(20-9-7-6-8-10-20)31-21-11-13-22(14-12-21)33(16-15-30)19(3)34/h6-14,17-18,27H,4-5,15-16,30H2,1-3H3,(H,32,35). The van der Waals surface area contributed by atoms with Crippen LogP contribution in [0.4, 0.5) is 17.1 Å². The maximum atomic E-state index is 13.3. The maximum absolute atomic E-state index is 13.3. The van der Waals surface area contributed by atoms with Crippen LogP contribution >= 0.6 is 0 Å². The van der Waals surface area contributed by atoms with Gasteiger partial charge in [0.2, 0.25) is 11.8 Å². The average molecular weight is 501 g/mol. The molecule has 0 spiro atoms. The van der Waals surface area contributed by atoms with Crippen molar-refractivity contribution >= 4 is 34.6 Å². The zero-order chi connectivity index (χ0) is 26.4. The lowest BCUT2D eigenvalue weighted by atomic mass is 9.90. The average Bonchev–Trinajstić information content (AvgIpc) is 3.21. The summed E-state index contributed by atoms with van der Waals surface area (Å²) in [5, 5.41) is 2.99. The monoisotopic (exact) mass is 500 g/mol. The molecule has 0 fully saturated rings. The highest BCUT2D eigenvalue weighted by atomic mass is 16.5. The Labute approximate surface area is 217 Å². The first-order valence-electron chi connectivity index (χ1n) is 12.4. The lowest BCUT2D eigenvalue weighted by molar-refractivity contribution is -0.117. The molecule has 1 aliphatic heterocycles. The minimum absolute atomic E-state index is 0.0811. The van der Waals surface area contributed by atoms with Gasteiger partial charge in [-0.05, 0) is 55.3 Å². The Kier molecular flexibility index (Phi) is 8.20. The molecule has 0 bridgehead atoms. The van der Waals surface area contributed by atoms with Crippen molar-refractivity contribution in [3.63, 3.8) is 0 Å². The predicted molar refractivity (Wildman–Crippen MR) is 146 cm³/mol. The summed E-state index contributed by atoms with van der Waals surface area (Å²) in [6, 6.07) is 20.7. The topological polar surface area (TPSA) is 106 Å². The van der Waals surface area contributed by atoms with E-state index in [1.807, 2.05) is 80.6 Å². The molecular weight excluding hydrogens is 468 g/mol. The summed E-state index contributed by atoms with van der Waals surface area (Å²) in [4.78, 5) is 31.9. The fourth-order valence-electron chi connectivity index (χ4n) is 4.43. The van der Waals surface area contributed by atoms with Gasteiger partial charge >= 0.3 is 0 Å². The van der Waals surface area contributed by atoms with Crippen molar-refractivity contribution in [2.45, 2.75) is 26.7 Å². The number of amides is 2. The van der Waals surface area contributed by atoms with Crippen LogP contribution in [-0.2, 0) is 9.59 Å². The molecule has 3 aromatic carbocycles. The Bertz CT molecular complexity index is 1290. The van der Waals surface area contributed by atoms with Crippen LogP contribution in [-0.4, -0.2) is 43.8 Å². The van der Waals surface area contributed by atoms with E-state index in [9.17, 15) is 9.59 Å². The van der Waals surface area contributed by atoms with Crippen LogP contribution in [0.15, 0.2) is 71.7 Å². The number of nitrogens with two attached hydrogens (primary N) is 1. The van der Waals surface area contributed by atoms with E-state index in [1.54, 1.807) is 4.90 Å². The number of fused-ring (bicyclic) bond motifs is 1. The maximum Gasteiger partial charge on any atom is 0.238 e. The van der Waals surface area contributed by atoms with Gasteiger partial charge < -0.3 is 25.4 Å². The van der Waals surface area contributed by atoms with E-state index in [0.717, 1.165) is 16.8 Å². The zero-order valence-corrected chi connectivity index (χ0v) is 21.4. The van der Waals surface area contributed by atoms with Gasteiger partial charge in [-0.25, -0.2) is 0 Å². The second kappa shape index (κ2) is 11.7. The van der Waals surface area contributed by atoms with Gasteiger partial charge in [0.15, 0.2) is 11.5 Å². The second-order valence-electron chi connectivity index (χ2n) is 8.51. The van der Waals surface area contributed by atoms with Crippen LogP contribution in [0, 0.1) is 0 Å². The van der Waals surface area contributed by atoms with E-state index < -0.39 is 5.92 Å². The second-order valence-corrected chi connectivity index (χ2v) is 8.51. The SMILES string of the molecule is CCOc1cc2c(cc1OCC)C(C(=Nc1ccc(N(CCN)C(C)=O)cc1)c1ccccc1)C(=O)N2. The van der Waals surface area contributed by atoms with E-state index in [1.165, 1.54) is 6.92 Å². The number of nitrogens with one attached hydrogen (secondary N) is 1. The molecule has 0 aromatic heterocycles. The fourth-order valence-corrected chi connectivity index (χ4v) is 4.43. The number of ether oxygens (including phenoxy) is 2. The summed E-state index contributed by atoms with van der Waals surface area (Å²) in [5.41, 5.74) is 9.98. The number of rotatable bonds is 10. The predicted octanol–water partition coefficient (Wildman–Crippen LogP) is 4.65. The Morgan fingerprint density at radius 3 is 2.24 bits per heavy atom. The molecule has 192 valence electrons. The van der Waals surface area contributed by atoms with E-state index in [4.69, 9.17) is 20.2 Å². The molecule has 1 heterocycles. The molecule has 0 aliphatic carbocycles. The van der Waals surface area contributed by atoms with Crippen molar-refractivity contribution in [2.24, 2.45) is 10.7 Å². The molecule has 0 saturated heterocycles. The zero-order valence-electron chi connectivity index (χ0n) is 21.4. The summed E-state index contributed by atoms with van der Waals surface area (Å²) >= 11 is 0. The largest absolute Gasteiger partial charge is 0.490 e. The summed E-state index contributed by atoms with van der Waals surface area (Å²) in [6.45, 7) is 7.07. The molecule has 3 N–H and O–H groups in total. The smallest absolute Gasteiger partial charge is 0.238 e. The van der Waals surface area contributed by atoms with Gasteiger partial charge in [-0.3, -0.25) is 14.6 Å². The van der Waals surface area contributed by atoms with Gasteiger partial charge in [0.25, 0.3) is 0 Å². The summed E-state index contributed by atoms with van der Waals surface area (Å²) in [5.74, 6) is 0.285. The molecule has 1 atom stereocenters. The first kappa shape index (κ1) is 25.9. The third-order valence-corrected chi connectivity index (χ3v) is 6.03. The van der Waals surface area contributed by atoms with Crippen molar-refractivity contribution in [1.29, 1.82) is 0 Å². The minimum atomic E-state index is -0.641. The van der Waals surface area contributed by atoms with E-state index >= 15 is 0 Å². The highest BCUT2D eigenvalue weighted by molar-refractivity contribution is 6.24. The molecule has 3 aromatic rings. The summed E-state index contributed by atoms with van der Waals surface area (Å²) in [6.07, 6.45) is 0. The van der Waals surface area contributed by atoms with Gasteiger partial charge in [0.05, 0.1) is 24.6 Å². The normalized spacial score (nSPS) is 14.6. The van der Waals surface area contributed by atoms with Crippen LogP contribution in [0.1, 0.15) is 37.8 Å². The molecule has 1 aliphatic rings. The lowest BCUT2D eigenvalue weighted by Crippen LogP contribution is -2.33. The van der Waals surface area contributed by atoms with Gasteiger partial charge in [-0.2, -0.15) is 0 Å². The number of aliphatic imine (C=N–C) groups is 1. The third-order valence-electron chi connectivity index (χ3n) is 6.03. The first-order chi connectivity index (χ1) is 18.0. The Morgan fingerprint density at radius 2 is 1.65 bits per heavy atom. The van der Waals surface area contributed by atoms with Crippen molar-refractivity contribution in [1.82, 2.24) is 0 Å². The molecular formula is C29H32N4O4. The van der Waals surface area contributed by atoms with E-state index in [2.05, 4.69) is 5.32 Å². The third kappa shape index (κ3) is 5.65. The number of hydrogen-bond donors (Lipinski definition) is 2. The highest BCUT2D eigenvalue weighted by Gasteiger charge is 2.37.